The lowest BCUT2D eigenvalue weighted by atomic mass is 10.2. The molecular weight excluding hydrogens is 458 g/mol. The van der Waals surface area contributed by atoms with E-state index in [4.69, 9.17) is 4.74 Å². The van der Waals surface area contributed by atoms with Gasteiger partial charge < -0.3 is 14.5 Å². The molecule has 3 aliphatic rings. The molecule has 0 spiro atoms. The summed E-state index contributed by atoms with van der Waals surface area (Å²) in [5.41, 5.74) is 1.14. The van der Waals surface area contributed by atoms with Crippen LogP contribution in [-0.2, 0) is 19.6 Å². The fraction of sp³-hybridized carbons (Fsp3) is 0.350. The molecular formula is C20H19N3O5S3. The predicted molar refractivity (Wildman–Crippen MR) is 119 cm³/mol. The summed E-state index contributed by atoms with van der Waals surface area (Å²) in [6, 6.07) is 9.09. The van der Waals surface area contributed by atoms with Gasteiger partial charge in [0, 0.05) is 22.9 Å². The molecule has 1 unspecified atom stereocenters. The number of hydrogen-bond acceptors (Lipinski definition) is 8. The van der Waals surface area contributed by atoms with Crippen LogP contribution < -0.4 is 4.90 Å². The first-order valence-electron chi connectivity index (χ1n) is 9.83. The summed E-state index contributed by atoms with van der Waals surface area (Å²) in [4.78, 5) is 30.7. The number of carbonyl (C=O) groups excluding carboxylic acids is 2. The number of likely N-dealkylation sites (tertiary alicyclic amines) is 1. The number of thioether (sulfide) groups is 1. The quantitative estimate of drug-likeness (QED) is 0.625. The number of amides is 1. The number of thiophene rings is 1. The SMILES string of the molecule is O=C(OCC(=O)N1CCCC1c1cccs1)c1ccc2c(c1)SC1=NS(=O)(=O)CCN12. The highest BCUT2D eigenvalue weighted by atomic mass is 32.2. The van der Waals surface area contributed by atoms with Gasteiger partial charge in [-0.2, -0.15) is 0 Å². The molecule has 1 aromatic carbocycles. The lowest BCUT2D eigenvalue weighted by molar-refractivity contribution is -0.135. The predicted octanol–water partition coefficient (Wildman–Crippen LogP) is 2.88. The van der Waals surface area contributed by atoms with E-state index in [-0.39, 0.29) is 24.3 Å². The molecule has 162 valence electrons. The van der Waals surface area contributed by atoms with Crippen LogP contribution in [0.15, 0.2) is 45.0 Å². The minimum absolute atomic E-state index is 0.0363. The molecule has 31 heavy (non-hydrogen) atoms. The fourth-order valence-corrected chi connectivity index (χ4v) is 7.16. The van der Waals surface area contributed by atoms with Crippen molar-refractivity contribution in [3.63, 3.8) is 0 Å². The van der Waals surface area contributed by atoms with Crippen molar-refractivity contribution in [3.8, 4) is 0 Å². The van der Waals surface area contributed by atoms with E-state index >= 15 is 0 Å². The van der Waals surface area contributed by atoms with Crippen LogP contribution in [-0.4, -0.2) is 55.8 Å². The van der Waals surface area contributed by atoms with E-state index in [0.29, 0.717) is 23.8 Å². The molecule has 1 amide bonds. The second-order valence-corrected chi connectivity index (χ2v) is 11.2. The van der Waals surface area contributed by atoms with E-state index in [2.05, 4.69) is 4.40 Å². The van der Waals surface area contributed by atoms with Gasteiger partial charge in [0.1, 0.15) is 0 Å². The van der Waals surface area contributed by atoms with E-state index in [0.717, 1.165) is 28.3 Å². The number of amidine groups is 1. The maximum Gasteiger partial charge on any atom is 0.338 e. The average molecular weight is 478 g/mol. The third-order valence-corrected chi connectivity index (χ3v) is 8.76. The van der Waals surface area contributed by atoms with Crippen LogP contribution in [0.4, 0.5) is 5.69 Å². The molecule has 1 saturated heterocycles. The highest BCUT2D eigenvalue weighted by Gasteiger charge is 2.34. The Morgan fingerprint density at radius 2 is 2.10 bits per heavy atom. The molecule has 8 nitrogen and oxygen atoms in total. The molecule has 4 heterocycles. The summed E-state index contributed by atoms with van der Waals surface area (Å²) in [5.74, 6) is -0.815. The van der Waals surface area contributed by atoms with Gasteiger partial charge in [-0.05, 0) is 54.2 Å². The second kappa shape index (κ2) is 7.95. The Morgan fingerprint density at radius 3 is 2.90 bits per heavy atom. The van der Waals surface area contributed by atoms with Crippen LogP contribution in [0.2, 0.25) is 0 Å². The van der Waals surface area contributed by atoms with Crippen molar-refractivity contribution in [2.45, 2.75) is 23.8 Å². The highest BCUT2D eigenvalue weighted by Crippen LogP contribution is 2.42. The Morgan fingerprint density at radius 1 is 1.23 bits per heavy atom. The molecule has 5 rings (SSSR count). The monoisotopic (exact) mass is 477 g/mol. The molecule has 0 aliphatic carbocycles. The minimum atomic E-state index is -3.44. The van der Waals surface area contributed by atoms with E-state index in [9.17, 15) is 18.0 Å². The van der Waals surface area contributed by atoms with Crippen molar-refractivity contribution >= 4 is 55.9 Å². The lowest BCUT2D eigenvalue weighted by Crippen LogP contribution is -2.35. The molecule has 0 N–H and O–H groups in total. The number of benzene rings is 1. The molecule has 2 aromatic rings. The summed E-state index contributed by atoms with van der Waals surface area (Å²) >= 11 is 2.84. The molecule has 1 atom stereocenters. The molecule has 3 aliphatic heterocycles. The number of nitrogens with zero attached hydrogens (tertiary/aromatic N) is 3. The first kappa shape index (κ1) is 20.5. The fourth-order valence-electron chi connectivity index (χ4n) is 3.99. The van der Waals surface area contributed by atoms with Crippen molar-refractivity contribution in [2.75, 3.05) is 30.3 Å². The number of sulfonamides is 1. The highest BCUT2D eigenvalue weighted by molar-refractivity contribution is 8.15. The van der Waals surface area contributed by atoms with Crippen molar-refractivity contribution in [1.82, 2.24) is 4.90 Å². The third-order valence-electron chi connectivity index (χ3n) is 5.48. The van der Waals surface area contributed by atoms with E-state index in [1.54, 1.807) is 34.4 Å². The van der Waals surface area contributed by atoms with Crippen molar-refractivity contribution in [1.29, 1.82) is 0 Å². The molecule has 0 saturated carbocycles. The van der Waals surface area contributed by atoms with Gasteiger partial charge >= 0.3 is 5.97 Å². The second-order valence-electron chi connectivity index (χ2n) is 7.43. The Bertz CT molecular complexity index is 1180. The minimum Gasteiger partial charge on any atom is -0.452 e. The first-order chi connectivity index (χ1) is 14.9. The topological polar surface area (TPSA) is 96.4 Å². The van der Waals surface area contributed by atoms with Crippen LogP contribution in [0.5, 0.6) is 0 Å². The number of anilines is 1. The van der Waals surface area contributed by atoms with Gasteiger partial charge in [0.25, 0.3) is 15.9 Å². The Labute approximate surface area is 187 Å². The molecule has 0 radical (unpaired) electrons. The van der Waals surface area contributed by atoms with Crippen molar-refractivity contribution in [3.05, 3.63) is 46.2 Å². The molecule has 11 heteroatoms. The molecule has 0 bridgehead atoms. The van der Waals surface area contributed by atoms with Crippen molar-refractivity contribution in [2.24, 2.45) is 4.40 Å². The number of esters is 1. The van der Waals surface area contributed by atoms with Gasteiger partial charge in [-0.1, -0.05) is 6.07 Å². The average Bonchev–Trinajstić information content (AvgIpc) is 3.48. The zero-order valence-electron chi connectivity index (χ0n) is 16.4. The van der Waals surface area contributed by atoms with Crippen LogP contribution in [0.3, 0.4) is 0 Å². The zero-order chi connectivity index (χ0) is 21.6. The normalized spacial score (nSPS) is 21.4. The largest absolute Gasteiger partial charge is 0.452 e. The maximum absolute atomic E-state index is 12.7. The van der Waals surface area contributed by atoms with E-state index in [1.165, 1.54) is 11.8 Å². The lowest BCUT2D eigenvalue weighted by Gasteiger charge is -2.23. The summed E-state index contributed by atoms with van der Waals surface area (Å²) in [5, 5.41) is 2.39. The van der Waals surface area contributed by atoms with Crippen molar-refractivity contribution < 1.29 is 22.7 Å². The zero-order valence-corrected chi connectivity index (χ0v) is 18.8. The Kier molecular flexibility index (Phi) is 5.27. The maximum atomic E-state index is 12.7. The summed E-state index contributed by atoms with van der Waals surface area (Å²) < 4.78 is 32.6. The Hall–Kier alpha value is -2.37. The number of rotatable bonds is 4. The van der Waals surface area contributed by atoms with Crippen LogP contribution >= 0.6 is 23.1 Å². The van der Waals surface area contributed by atoms with Gasteiger partial charge in [-0.3, -0.25) is 4.79 Å². The van der Waals surface area contributed by atoms with Gasteiger partial charge in [0.05, 0.1) is 23.0 Å². The van der Waals surface area contributed by atoms with Gasteiger partial charge in [0.2, 0.25) is 0 Å². The van der Waals surface area contributed by atoms with Crippen LogP contribution in [0.1, 0.15) is 34.1 Å². The smallest absolute Gasteiger partial charge is 0.338 e. The van der Waals surface area contributed by atoms with Crippen LogP contribution in [0.25, 0.3) is 0 Å². The number of hydrogen-bond donors (Lipinski definition) is 0. The summed E-state index contributed by atoms with van der Waals surface area (Å²) in [7, 11) is -3.44. The molecule has 1 fully saturated rings. The van der Waals surface area contributed by atoms with E-state index in [1.807, 2.05) is 22.4 Å². The third kappa shape index (κ3) is 3.97. The van der Waals surface area contributed by atoms with Gasteiger partial charge in [0.15, 0.2) is 11.8 Å². The van der Waals surface area contributed by atoms with Gasteiger partial charge in [-0.15, -0.1) is 15.7 Å². The van der Waals surface area contributed by atoms with E-state index < -0.39 is 16.0 Å². The standard InChI is InChI=1S/C20H19N3O5S3/c24-18(22-7-1-3-14(22)16-4-2-9-29-16)12-28-19(25)13-5-6-15-17(11-13)30-20-21-31(26,27)10-8-23(15)20/h2,4-6,9,11,14H,1,3,7-8,10,12H2. The number of ether oxygens (including phenoxy) is 1. The summed E-state index contributed by atoms with van der Waals surface area (Å²) in [6.07, 6.45) is 1.85. The number of fused-ring (bicyclic) bond motifs is 3. The van der Waals surface area contributed by atoms with Crippen LogP contribution in [0, 0.1) is 0 Å². The molecule has 1 aromatic heterocycles. The summed E-state index contributed by atoms with van der Waals surface area (Å²) in [6.45, 7) is 0.692. The number of carbonyl (C=O) groups is 2. The van der Waals surface area contributed by atoms with Gasteiger partial charge in [-0.25, -0.2) is 13.2 Å². The Balaban J connectivity index is 1.25. The first-order valence-corrected chi connectivity index (χ1v) is 13.1.